The SMILES string of the molecule is Cc1cc(N2CCC(N3CCN(C)CC3)CC2)ccc1Nc1ncc2c(n1)N(C)c1sc(C(F)(F)F)nc1C(=O)N2C. The van der Waals surface area contributed by atoms with E-state index >= 15 is 0 Å². The van der Waals surface area contributed by atoms with Gasteiger partial charge >= 0.3 is 6.18 Å². The number of rotatable bonds is 4. The lowest BCUT2D eigenvalue weighted by molar-refractivity contribution is -0.137. The van der Waals surface area contributed by atoms with E-state index in [1.165, 1.54) is 28.7 Å². The molecular weight excluding hydrogens is 567 g/mol. The Morgan fingerprint density at radius 3 is 2.36 bits per heavy atom. The van der Waals surface area contributed by atoms with Crippen LogP contribution in [0.4, 0.5) is 47.0 Å². The van der Waals surface area contributed by atoms with Gasteiger partial charge in [0.05, 0.1) is 6.20 Å². The predicted octanol–water partition coefficient (Wildman–Crippen LogP) is 4.58. The van der Waals surface area contributed by atoms with Gasteiger partial charge in [-0.1, -0.05) is 11.3 Å². The Balaban J connectivity index is 1.17. The van der Waals surface area contributed by atoms with Crippen molar-refractivity contribution in [3.63, 3.8) is 0 Å². The van der Waals surface area contributed by atoms with Crippen molar-refractivity contribution in [1.29, 1.82) is 0 Å². The number of thiazole rings is 1. The average molecular weight is 602 g/mol. The summed E-state index contributed by atoms with van der Waals surface area (Å²) in [6.45, 7) is 8.63. The number of benzene rings is 1. The molecule has 3 aromatic rings. The van der Waals surface area contributed by atoms with Gasteiger partial charge in [-0.05, 0) is 50.6 Å². The average Bonchev–Trinajstić information content (AvgIpc) is 3.42. The van der Waals surface area contributed by atoms with Crippen LogP contribution >= 0.6 is 11.3 Å². The minimum atomic E-state index is -4.65. The number of fused-ring (bicyclic) bond motifs is 2. The second-order valence-electron chi connectivity index (χ2n) is 11.2. The number of aromatic nitrogens is 3. The van der Waals surface area contributed by atoms with Gasteiger partial charge in [-0.15, -0.1) is 0 Å². The number of halogens is 3. The van der Waals surface area contributed by atoms with Crippen LogP contribution in [0.15, 0.2) is 24.4 Å². The molecule has 3 aliphatic heterocycles. The Morgan fingerprint density at radius 1 is 0.976 bits per heavy atom. The first-order chi connectivity index (χ1) is 20.0. The molecule has 1 aromatic carbocycles. The summed E-state index contributed by atoms with van der Waals surface area (Å²) in [6, 6.07) is 6.90. The number of nitrogens with zero attached hydrogens (tertiary/aromatic N) is 8. The second-order valence-corrected chi connectivity index (χ2v) is 12.2. The molecule has 14 heteroatoms. The Morgan fingerprint density at radius 2 is 1.69 bits per heavy atom. The molecule has 0 radical (unpaired) electrons. The minimum absolute atomic E-state index is 0.0829. The lowest BCUT2D eigenvalue weighted by Gasteiger charge is -2.42. The van der Waals surface area contributed by atoms with E-state index < -0.39 is 17.1 Å². The molecule has 5 heterocycles. The van der Waals surface area contributed by atoms with E-state index in [0.29, 0.717) is 28.9 Å². The highest BCUT2D eigenvalue weighted by Crippen LogP contribution is 2.44. The summed E-state index contributed by atoms with van der Waals surface area (Å²) in [5, 5.41) is 2.26. The van der Waals surface area contributed by atoms with Crippen LogP contribution in [-0.4, -0.2) is 97.1 Å². The first-order valence-electron chi connectivity index (χ1n) is 14.0. The van der Waals surface area contributed by atoms with Gasteiger partial charge in [-0.25, -0.2) is 9.97 Å². The quantitative estimate of drug-likeness (QED) is 0.462. The van der Waals surface area contributed by atoms with Crippen molar-refractivity contribution in [2.24, 2.45) is 0 Å². The fourth-order valence-electron chi connectivity index (χ4n) is 5.86. The molecule has 0 saturated carbocycles. The van der Waals surface area contributed by atoms with Crippen LogP contribution < -0.4 is 20.0 Å². The molecule has 0 atom stereocenters. The zero-order valence-corrected chi connectivity index (χ0v) is 24.9. The zero-order chi connectivity index (χ0) is 29.8. The van der Waals surface area contributed by atoms with E-state index in [1.807, 2.05) is 13.0 Å². The normalized spacial score (nSPS) is 19.1. The van der Waals surface area contributed by atoms with Crippen LogP contribution in [0.5, 0.6) is 0 Å². The summed E-state index contributed by atoms with van der Waals surface area (Å²) in [5.74, 6) is -0.0723. The van der Waals surface area contributed by atoms with E-state index in [2.05, 4.69) is 54.1 Å². The largest absolute Gasteiger partial charge is 0.443 e. The Kier molecular flexibility index (Phi) is 7.48. The lowest BCUT2D eigenvalue weighted by Crippen LogP contribution is -2.52. The summed E-state index contributed by atoms with van der Waals surface area (Å²) in [7, 11) is 5.24. The third kappa shape index (κ3) is 5.38. The molecule has 1 amide bonds. The maximum absolute atomic E-state index is 13.4. The lowest BCUT2D eigenvalue weighted by atomic mass is 10.0. The third-order valence-corrected chi connectivity index (χ3v) is 9.61. The number of hydrogen-bond acceptors (Lipinski definition) is 10. The van der Waals surface area contributed by atoms with Gasteiger partial charge in [-0.3, -0.25) is 9.69 Å². The van der Waals surface area contributed by atoms with Gasteiger partial charge in [0.15, 0.2) is 11.5 Å². The molecule has 0 unspecified atom stereocenters. The van der Waals surface area contributed by atoms with E-state index in [9.17, 15) is 18.0 Å². The molecule has 0 bridgehead atoms. The van der Waals surface area contributed by atoms with Crippen molar-refractivity contribution in [2.45, 2.75) is 32.0 Å². The smallest absolute Gasteiger partial charge is 0.371 e. The first-order valence-corrected chi connectivity index (χ1v) is 14.8. The molecule has 10 nitrogen and oxygen atoms in total. The van der Waals surface area contributed by atoms with Crippen molar-refractivity contribution in [3.05, 3.63) is 40.7 Å². The van der Waals surface area contributed by atoms with Crippen molar-refractivity contribution in [1.82, 2.24) is 24.8 Å². The number of likely N-dealkylation sites (N-methyl/N-ethyl adjacent to an activating group) is 1. The number of piperidine rings is 1. The second kappa shape index (κ2) is 11.0. The summed E-state index contributed by atoms with van der Waals surface area (Å²) in [5.41, 5.74) is 3.13. The number of hydrogen-bond donors (Lipinski definition) is 1. The number of amides is 1. The van der Waals surface area contributed by atoms with Crippen molar-refractivity contribution in [3.8, 4) is 0 Å². The number of piperazine rings is 1. The van der Waals surface area contributed by atoms with Gasteiger partial charge < -0.3 is 24.9 Å². The number of aryl methyl sites for hydroxylation is 1. The Hall–Kier alpha value is -3.49. The number of alkyl halides is 3. The molecule has 0 aliphatic carbocycles. The summed E-state index contributed by atoms with van der Waals surface area (Å²) >= 11 is 0.421. The van der Waals surface area contributed by atoms with Crippen LogP contribution in [0, 0.1) is 6.92 Å². The maximum Gasteiger partial charge on any atom is 0.443 e. The van der Waals surface area contributed by atoms with Crippen LogP contribution in [0.3, 0.4) is 0 Å². The van der Waals surface area contributed by atoms with E-state index in [1.54, 1.807) is 7.05 Å². The van der Waals surface area contributed by atoms with E-state index in [4.69, 9.17) is 0 Å². The predicted molar refractivity (Wildman–Crippen MR) is 159 cm³/mol. The monoisotopic (exact) mass is 601 g/mol. The molecule has 42 heavy (non-hydrogen) atoms. The number of anilines is 6. The zero-order valence-electron chi connectivity index (χ0n) is 24.1. The highest BCUT2D eigenvalue weighted by Gasteiger charge is 2.40. The molecule has 2 aromatic heterocycles. The van der Waals surface area contributed by atoms with Gasteiger partial charge in [-0.2, -0.15) is 18.2 Å². The van der Waals surface area contributed by atoms with Gasteiger partial charge in [0.25, 0.3) is 5.91 Å². The first kappa shape index (κ1) is 28.6. The molecular formula is C28H34F3N9OS. The number of carbonyl (C=O) groups is 1. The molecule has 6 rings (SSSR count). The summed E-state index contributed by atoms with van der Waals surface area (Å²) < 4.78 is 40.1. The molecule has 2 fully saturated rings. The standard InChI is InChI=1S/C28H34F3N9OS/c1-17-15-19(39-9-7-18(8-10-39)40-13-11-36(2)12-14-40)5-6-20(17)33-27-32-16-21-23(35-27)38(4)25-22(24(41)37(21)3)34-26(42-25)28(29,30)31/h5-6,15-16,18H,7-14H2,1-4H3,(H,32,33,35). The van der Waals surface area contributed by atoms with Gasteiger partial charge in [0.1, 0.15) is 10.7 Å². The molecule has 224 valence electrons. The molecule has 1 N–H and O–H groups in total. The highest BCUT2D eigenvalue weighted by atomic mass is 32.1. The third-order valence-electron chi connectivity index (χ3n) is 8.43. The van der Waals surface area contributed by atoms with Crippen molar-refractivity contribution in [2.75, 3.05) is 80.4 Å². The molecule has 2 saturated heterocycles. The Labute approximate surface area is 246 Å². The van der Waals surface area contributed by atoms with Crippen LogP contribution in [-0.2, 0) is 6.18 Å². The van der Waals surface area contributed by atoms with E-state index in [-0.39, 0.29) is 16.6 Å². The topological polar surface area (TPSA) is 84.0 Å². The fourth-order valence-corrected chi connectivity index (χ4v) is 6.74. The number of carbonyl (C=O) groups excluding carboxylic acids is 1. The highest BCUT2D eigenvalue weighted by molar-refractivity contribution is 7.16. The van der Waals surface area contributed by atoms with Crippen molar-refractivity contribution >= 4 is 51.1 Å². The van der Waals surface area contributed by atoms with Crippen LogP contribution in [0.1, 0.15) is 33.9 Å². The minimum Gasteiger partial charge on any atom is -0.371 e. The van der Waals surface area contributed by atoms with Crippen molar-refractivity contribution < 1.29 is 18.0 Å². The fraction of sp³-hybridized carbons (Fsp3) is 0.500. The van der Waals surface area contributed by atoms with Gasteiger partial charge in [0.2, 0.25) is 11.0 Å². The molecule has 0 spiro atoms. The number of nitrogens with one attached hydrogen (secondary N) is 1. The summed E-state index contributed by atoms with van der Waals surface area (Å²) in [6.07, 6.45) is -0.846. The maximum atomic E-state index is 13.4. The molecule has 3 aliphatic rings. The van der Waals surface area contributed by atoms with Crippen LogP contribution in [0.25, 0.3) is 0 Å². The summed E-state index contributed by atoms with van der Waals surface area (Å²) in [4.78, 5) is 35.8. The van der Waals surface area contributed by atoms with E-state index in [0.717, 1.165) is 63.4 Å². The van der Waals surface area contributed by atoms with Gasteiger partial charge in [0, 0.05) is 70.8 Å². The van der Waals surface area contributed by atoms with Crippen LogP contribution in [0.2, 0.25) is 0 Å². The Bertz CT molecular complexity index is 1480.